The van der Waals surface area contributed by atoms with Crippen molar-refractivity contribution in [1.82, 2.24) is 10.9 Å². The van der Waals surface area contributed by atoms with Gasteiger partial charge in [0.05, 0.1) is 13.3 Å². The molecule has 0 aliphatic rings. The minimum absolute atomic E-state index is 0.233. The maximum Gasteiger partial charge on any atom is 0.274 e. The Morgan fingerprint density at radius 2 is 1.75 bits per heavy atom. The van der Waals surface area contributed by atoms with E-state index in [4.69, 9.17) is 9.94 Å². The van der Waals surface area contributed by atoms with Crippen molar-refractivity contribution in [3.63, 3.8) is 0 Å². The SMILES string of the molecule is COc1ccc(Br)cc1/C=N/NC(=O)c1ccc(C(=O)NO)cc1. The summed E-state index contributed by atoms with van der Waals surface area (Å²) in [7, 11) is 1.54. The maximum absolute atomic E-state index is 12.0. The summed E-state index contributed by atoms with van der Waals surface area (Å²) >= 11 is 3.35. The molecule has 0 spiro atoms. The van der Waals surface area contributed by atoms with Gasteiger partial charge in [-0.1, -0.05) is 15.9 Å². The van der Waals surface area contributed by atoms with Gasteiger partial charge in [-0.25, -0.2) is 10.9 Å². The molecule has 0 aromatic heterocycles. The van der Waals surface area contributed by atoms with Crippen molar-refractivity contribution in [2.75, 3.05) is 7.11 Å². The third-order valence-corrected chi connectivity index (χ3v) is 3.57. The second-order valence-corrected chi connectivity index (χ2v) is 5.52. The number of methoxy groups -OCH3 is 1. The lowest BCUT2D eigenvalue weighted by Gasteiger charge is -2.05. The van der Waals surface area contributed by atoms with E-state index < -0.39 is 11.8 Å². The zero-order valence-corrected chi connectivity index (χ0v) is 14.2. The van der Waals surface area contributed by atoms with Crippen LogP contribution in [0.3, 0.4) is 0 Å². The van der Waals surface area contributed by atoms with Gasteiger partial charge in [0.2, 0.25) is 0 Å². The zero-order chi connectivity index (χ0) is 17.5. The van der Waals surface area contributed by atoms with Gasteiger partial charge in [0, 0.05) is 21.2 Å². The number of hydrogen-bond donors (Lipinski definition) is 3. The van der Waals surface area contributed by atoms with Crippen LogP contribution in [-0.2, 0) is 0 Å². The fraction of sp³-hybridized carbons (Fsp3) is 0.0625. The highest BCUT2D eigenvalue weighted by Crippen LogP contribution is 2.21. The third-order valence-electron chi connectivity index (χ3n) is 3.07. The average Bonchev–Trinajstić information content (AvgIpc) is 2.61. The second kappa shape index (κ2) is 8.23. The van der Waals surface area contributed by atoms with Crippen molar-refractivity contribution in [2.24, 2.45) is 5.10 Å². The molecule has 0 unspecified atom stereocenters. The summed E-state index contributed by atoms with van der Waals surface area (Å²) in [5.41, 5.74) is 5.16. The summed E-state index contributed by atoms with van der Waals surface area (Å²) in [4.78, 5) is 23.2. The van der Waals surface area contributed by atoms with Crippen LogP contribution in [-0.4, -0.2) is 30.3 Å². The Morgan fingerprint density at radius 3 is 2.33 bits per heavy atom. The molecule has 0 bridgehead atoms. The predicted octanol–water partition coefficient (Wildman–Crippen LogP) is 2.34. The first kappa shape index (κ1) is 17.6. The van der Waals surface area contributed by atoms with Gasteiger partial charge in [0.25, 0.3) is 11.8 Å². The van der Waals surface area contributed by atoms with Gasteiger partial charge in [-0.05, 0) is 42.5 Å². The van der Waals surface area contributed by atoms with Crippen LogP contribution in [0.15, 0.2) is 52.0 Å². The van der Waals surface area contributed by atoms with Gasteiger partial charge in [0.1, 0.15) is 5.75 Å². The monoisotopic (exact) mass is 391 g/mol. The average molecular weight is 392 g/mol. The normalized spacial score (nSPS) is 10.5. The molecule has 124 valence electrons. The number of nitrogens with zero attached hydrogens (tertiary/aromatic N) is 1. The summed E-state index contributed by atoms with van der Waals surface area (Å²) in [6, 6.07) is 11.2. The third kappa shape index (κ3) is 4.40. The van der Waals surface area contributed by atoms with E-state index in [0.29, 0.717) is 16.9 Å². The van der Waals surface area contributed by atoms with Crippen LogP contribution in [0.2, 0.25) is 0 Å². The van der Waals surface area contributed by atoms with Gasteiger partial charge >= 0.3 is 0 Å². The Labute approximate surface area is 146 Å². The van der Waals surface area contributed by atoms with Crippen LogP contribution in [0.25, 0.3) is 0 Å². The highest BCUT2D eigenvalue weighted by atomic mass is 79.9. The summed E-state index contributed by atoms with van der Waals surface area (Å²) in [5.74, 6) is -0.464. The number of halogens is 1. The van der Waals surface area contributed by atoms with E-state index in [9.17, 15) is 9.59 Å². The van der Waals surface area contributed by atoms with Crippen LogP contribution in [0, 0.1) is 0 Å². The van der Waals surface area contributed by atoms with E-state index in [1.165, 1.54) is 36.0 Å². The molecule has 24 heavy (non-hydrogen) atoms. The Bertz CT molecular complexity index is 775. The number of benzene rings is 2. The molecule has 2 amide bonds. The molecule has 0 fully saturated rings. The van der Waals surface area contributed by atoms with Gasteiger partial charge in [0.15, 0.2) is 0 Å². The smallest absolute Gasteiger partial charge is 0.274 e. The molecule has 2 rings (SSSR count). The van der Waals surface area contributed by atoms with Crippen LogP contribution in [0.5, 0.6) is 5.75 Å². The Morgan fingerprint density at radius 1 is 1.12 bits per heavy atom. The topological polar surface area (TPSA) is 100 Å². The molecule has 2 aromatic rings. The molecule has 0 saturated carbocycles. The van der Waals surface area contributed by atoms with E-state index in [1.54, 1.807) is 19.2 Å². The molecular weight excluding hydrogens is 378 g/mol. The summed E-state index contributed by atoms with van der Waals surface area (Å²) in [6.45, 7) is 0. The van der Waals surface area contributed by atoms with Crippen molar-refractivity contribution in [3.05, 3.63) is 63.6 Å². The lowest BCUT2D eigenvalue weighted by molar-refractivity contribution is 0.0706. The summed E-state index contributed by atoms with van der Waals surface area (Å²) in [5, 5.41) is 12.4. The number of hydrogen-bond acceptors (Lipinski definition) is 5. The lowest BCUT2D eigenvalue weighted by Crippen LogP contribution is -2.20. The highest BCUT2D eigenvalue weighted by Gasteiger charge is 2.08. The Hall–Kier alpha value is -2.71. The van der Waals surface area contributed by atoms with E-state index >= 15 is 0 Å². The number of nitrogens with one attached hydrogen (secondary N) is 2. The maximum atomic E-state index is 12.0. The molecule has 0 aliphatic heterocycles. The number of amides is 2. The minimum atomic E-state index is -0.651. The van der Waals surface area contributed by atoms with Crippen molar-refractivity contribution < 1.29 is 19.5 Å². The lowest BCUT2D eigenvalue weighted by atomic mass is 10.1. The standard InChI is InChI=1S/C16H14BrN3O4/c1-24-14-7-6-13(17)8-12(14)9-18-19-15(21)10-2-4-11(5-3-10)16(22)20-23/h2-9,23H,1H3,(H,19,21)(H,20,22)/b18-9+. The van der Waals surface area contributed by atoms with Gasteiger partial charge in [-0.3, -0.25) is 14.8 Å². The predicted molar refractivity (Wildman–Crippen MR) is 91.4 cm³/mol. The molecule has 0 aliphatic carbocycles. The van der Waals surface area contributed by atoms with Gasteiger partial charge in [-0.2, -0.15) is 5.10 Å². The van der Waals surface area contributed by atoms with Crippen molar-refractivity contribution in [2.45, 2.75) is 0 Å². The quantitative estimate of drug-likeness (QED) is 0.413. The van der Waals surface area contributed by atoms with E-state index in [-0.39, 0.29) is 5.56 Å². The number of ether oxygens (including phenoxy) is 1. The molecule has 0 radical (unpaired) electrons. The first-order chi connectivity index (χ1) is 11.5. The molecule has 7 nitrogen and oxygen atoms in total. The molecular formula is C16H14BrN3O4. The summed E-state index contributed by atoms with van der Waals surface area (Å²) < 4.78 is 6.06. The molecule has 8 heteroatoms. The number of rotatable bonds is 5. The molecule has 3 N–H and O–H groups in total. The van der Waals surface area contributed by atoms with Crippen molar-refractivity contribution in [3.8, 4) is 5.75 Å². The number of carbonyl (C=O) groups excluding carboxylic acids is 2. The minimum Gasteiger partial charge on any atom is -0.496 e. The van der Waals surface area contributed by atoms with Crippen molar-refractivity contribution >= 4 is 34.0 Å². The second-order valence-electron chi connectivity index (χ2n) is 4.60. The molecule has 2 aromatic carbocycles. The first-order valence-electron chi connectivity index (χ1n) is 6.76. The number of carbonyl (C=O) groups is 2. The van der Waals surface area contributed by atoms with Gasteiger partial charge in [-0.15, -0.1) is 0 Å². The highest BCUT2D eigenvalue weighted by molar-refractivity contribution is 9.10. The van der Waals surface area contributed by atoms with Gasteiger partial charge < -0.3 is 4.74 Å². The van der Waals surface area contributed by atoms with E-state index in [0.717, 1.165) is 4.47 Å². The molecule has 0 saturated heterocycles. The van der Waals surface area contributed by atoms with Crippen LogP contribution < -0.4 is 15.6 Å². The van der Waals surface area contributed by atoms with Crippen molar-refractivity contribution in [1.29, 1.82) is 0 Å². The Kier molecular flexibility index (Phi) is 6.05. The first-order valence-corrected chi connectivity index (χ1v) is 7.56. The Balaban J connectivity index is 2.05. The number of hydroxylamine groups is 1. The zero-order valence-electron chi connectivity index (χ0n) is 12.6. The summed E-state index contributed by atoms with van der Waals surface area (Å²) in [6.07, 6.45) is 1.47. The number of hydrazone groups is 1. The van der Waals surface area contributed by atoms with Crippen LogP contribution in [0.1, 0.15) is 26.3 Å². The van der Waals surface area contributed by atoms with Crippen LogP contribution >= 0.6 is 15.9 Å². The van der Waals surface area contributed by atoms with E-state index in [2.05, 4.69) is 26.5 Å². The fourth-order valence-electron chi connectivity index (χ4n) is 1.87. The van der Waals surface area contributed by atoms with Crippen LogP contribution in [0.4, 0.5) is 0 Å². The molecule has 0 heterocycles. The molecule has 0 atom stereocenters. The largest absolute Gasteiger partial charge is 0.496 e. The van der Waals surface area contributed by atoms with E-state index in [1.807, 2.05) is 6.07 Å². The fourth-order valence-corrected chi connectivity index (χ4v) is 2.25.